The van der Waals surface area contributed by atoms with Crippen LogP contribution in [0.4, 0.5) is 5.95 Å². The van der Waals surface area contributed by atoms with Gasteiger partial charge in [0.25, 0.3) is 5.56 Å². The minimum absolute atomic E-state index is 0.257. The minimum atomic E-state index is -0.257. The van der Waals surface area contributed by atoms with E-state index in [4.69, 9.17) is 9.47 Å². The highest BCUT2D eigenvalue weighted by molar-refractivity contribution is 5.88. The summed E-state index contributed by atoms with van der Waals surface area (Å²) in [6, 6.07) is 2.08. The summed E-state index contributed by atoms with van der Waals surface area (Å²) in [5, 5.41) is 3.89. The molecule has 0 bridgehead atoms. The lowest BCUT2D eigenvalue weighted by Gasteiger charge is -2.38. The van der Waals surface area contributed by atoms with Crippen molar-refractivity contribution in [1.82, 2.24) is 20.2 Å². The predicted octanol–water partition coefficient (Wildman–Crippen LogP) is 0.761. The maximum Gasteiger partial charge on any atom is 0.282 e. The summed E-state index contributed by atoms with van der Waals surface area (Å²) in [4.78, 5) is 29.5. The normalized spacial score (nSPS) is 18.5. The molecule has 2 N–H and O–H groups in total. The maximum absolute atomic E-state index is 12.8. The number of aryl methyl sites for hydroxylation is 1. The lowest BCUT2D eigenvalue weighted by molar-refractivity contribution is 0.235. The highest BCUT2D eigenvalue weighted by Gasteiger charge is 2.27. The molecule has 3 heterocycles. The summed E-state index contributed by atoms with van der Waals surface area (Å²) >= 11 is 0. The Bertz CT molecular complexity index is 994. The number of fused-ring (bicyclic) bond motifs is 1. The number of amidine groups is 1. The van der Waals surface area contributed by atoms with Crippen molar-refractivity contribution in [3.8, 4) is 11.5 Å². The Labute approximate surface area is 169 Å². The molecule has 4 rings (SSSR count). The third-order valence-electron chi connectivity index (χ3n) is 5.83. The second-order valence-corrected chi connectivity index (χ2v) is 7.42. The van der Waals surface area contributed by atoms with Crippen LogP contribution in [0.5, 0.6) is 11.5 Å². The Morgan fingerprint density at radius 2 is 1.93 bits per heavy atom. The number of rotatable bonds is 5. The molecular weight excluding hydrogens is 372 g/mol. The van der Waals surface area contributed by atoms with Crippen LogP contribution in [-0.2, 0) is 0 Å². The van der Waals surface area contributed by atoms with Crippen molar-refractivity contribution in [3.05, 3.63) is 22.0 Å². The van der Waals surface area contributed by atoms with Crippen LogP contribution in [0.2, 0.25) is 0 Å². The van der Waals surface area contributed by atoms with E-state index in [0.29, 0.717) is 28.4 Å². The fourth-order valence-corrected chi connectivity index (χ4v) is 4.19. The second-order valence-electron chi connectivity index (χ2n) is 7.42. The van der Waals surface area contributed by atoms with Crippen LogP contribution in [0.25, 0.3) is 10.9 Å². The van der Waals surface area contributed by atoms with Gasteiger partial charge in [0.15, 0.2) is 11.5 Å². The highest BCUT2D eigenvalue weighted by Crippen LogP contribution is 2.35. The van der Waals surface area contributed by atoms with E-state index in [1.807, 2.05) is 6.92 Å². The van der Waals surface area contributed by atoms with Crippen molar-refractivity contribution in [1.29, 1.82) is 0 Å². The molecule has 2 aliphatic heterocycles. The fourth-order valence-electron chi connectivity index (χ4n) is 4.19. The first-order chi connectivity index (χ1) is 14.0. The smallest absolute Gasteiger partial charge is 0.282 e. The number of anilines is 1. The van der Waals surface area contributed by atoms with E-state index in [1.54, 1.807) is 20.3 Å². The van der Waals surface area contributed by atoms with E-state index in [-0.39, 0.29) is 11.6 Å². The second kappa shape index (κ2) is 7.90. The van der Waals surface area contributed by atoms with E-state index >= 15 is 0 Å². The molecule has 156 valence electrons. The Morgan fingerprint density at radius 3 is 2.55 bits per heavy atom. The topological polar surface area (TPSA) is 95.1 Å². The van der Waals surface area contributed by atoms with Gasteiger partial charge >= 0.3 is 0 Å². The average molecular weight is 400 g/mol. The first-order valence-electron chi connectivity index (χ1n) is 9.96. The molecule has 1 aromatic carbocycles. The number of aliphatic imine (C=N–C) groups is 1. The number of piperazine rings is 1. The lowest BCUT2D eigenvalue weighted by Crippen LogP contribution is -2.53. The van der Waals surface area contributed by atoms with Crippen LogP contribution in [0.15, 0.2) is 15.9 Å². The quantitative estimate of drug-likeness (QED) is 0.765. The van der Waals surface area contributed by atoms with Crippen LogP contribution in [0.3, 0.4) is 0 Å². The van der Waals surface area contributed by atoms with Crippen LogP contribution < -0.4 is 25.2 Å². The lowest BCUT2D eigenvalue weighted by atomic mass is 10.1. The van der Waals surface area contributed by atoms with Gasteiger partial charge in [0.1, 0.15) is 5.84 Å². The van der Waals surface area contributed by atoms with Crippen molar-refractivity contribution in [2.45, 2.75) is 19.9 Å². The summed E-state index contributed by atoms with van der Waals surface area (Å²) in [5.41, 5.74) is 1.17. The molecule has 1 unspecified atom stereocenters. The first-order valence-corrected chi connectivity index (χ1v) is 9.96. The molecular formula is C20H28N6O3. The van der Waals surface area contributed by atoms with Gasteiger partial charge in [-0.1, -0.05) is 0 Å². The van der Waals surface area contributed by atoms with Crippen LogP contribution in [0.1, 0.15) is 12.5 Å². The molecule has 0 aliphatic carbocycles. The summed E-state index contributed by atoms with van der Waals surface area (Å²) in [6.45, 7) is 9.16. The van der Waals surface area contributed by atoms with Crippen molar-refractivity contribution in [2.75, 3.05) is 58.4 Å². The van der Waals surface area contributed by atoms with E-state index in [1.165, 1.54) is 0 Å². The summed E-state index contributed by atoms with van der Waals surface area (Å²) < 4.78 is 10.9. The zero-order valence-corrected chi connectivity index (χ0v) is 17.4. The molecule has 0 spiro atoms. The molecule has 1 fully saturated rings. The van der Waals surface area contributed by atoms with Gasteiger partial charge in [-0.3, -0.25) is 14.7 Å². The van der Waals surface area contributed by atoms with Gasteiger partial charge in [0.2, 0.25) is 5.95 Å². The van der Waals surface area contributed by atoms with Crippen molar-refractivity contribution >= 4 is 22.7 Å². The van der Waals surface area contributed by atoms with E-state index in [9.17, 15) is 4.79 Å². The van der Waals surface area contributed by atoms with Gasteiger partial charge in [-0.2, -0.15) is 4.98 Å². The van der Waals surface area contributed by atoms with Crippen LogP contribution in [0, 0.1) is 6.92 Å². The fraction of sp³-hybridized carbons (Fsp3) is 0.550. The molecule has 0 saturated carbocycles. The molecule has 1 atom stereocenters. The minimum Gasteiger partial charge on any atom is -0.493 e. The molecule has 0 radical (unpaired) electrons. The molecule has 0 amide bonds. The van der Waals surface area contributed by atoms with Gasteiger partial charge < -0.3 is 24.7 Å². The summed E-state index contributed by atoms with van der Waals surface area (Å²) in [5.74, 6) is 2.82. The number of ether oxygens (including phenoxy) is 2. The molecule has 9 heteroatoms. The first kappa shape index (κ1) is 19.5. The number of benzene rings is 1. The Hall–Kier alpha value is -2.81. The molecule has 29 heavy (non-hydrogen) atoms. The number of nitrogens with zero attached hydrogens (tertiary/aromatic N) is 4. The van der Waals surface area contributed by atoms with Crippen molar-refractivity contribution < 1.29 is 9.47 Å². The molecule has 2 aliphatic rings. The number of nitrogens with one attached hydrogen (secondary N) is 2. The number of aromatic nitrogens is 2. The number of H-pyrrole nitrogens is 1. The summed E-state index contributed by atoms with van der Waals surface area (Å²) in [7, 11) is 3.16. The Balaban J connectivity index is 1.58. The third kappa shape index (κ3) is 3.50. The highest BCUT2D eigenvalue weighted by atomic mass is 16.5. The van der Waals surface area contributed by atoms with E-state index in [2.05, 4.69) is 37.0 Å². The zero-order valence-electron chi connectivity index (χ0n) is 17.4. The zero-order chi connectivity index (χ0) is 20.5. The maximum atomic E-state index is 12.8. The van der Waals surface area contributed by atoms with Crippen LogP contribution >= 0.6 is 0 Å². The third-order valence-corrected chi connectivity index (χ3v) is 5.83. The predicted molar refractivity (Wildman–Crippen MR) is 114 cm³/mol. The average Bonchev–Trinajstić information content (AvgIpc) is 3.27. The Kier molecular flexibility index (Phi) is 5.31. The molecule has 1 aromatic heterocycles. The Morgan fingerprint density at radius 1 is 1.17 bits per heavy atom. The van der Waals surface area contributed by atoms with Gasteiger partial charge in [0.05, 0.1) is 37.7 Å². The largest absolute Gasteiger partial charge is 0.493 e. The number of hydrogen-bond donors (Lipinski definition) is 2. The van der Waals surface area contributed by atoms with Crippen LogP contribution in [-0.4, -0.2) is 80.2 Å². The molecule has 2 aromatic rings. The van der Waals surface area contributed by atoms with E-state index in [0.717, 1.165) is 50.7 Å². The van der Waals surface area contributed by atoms with Crippen molar-refractivity contribution in [3.63, 3.8) is 0 Å². The number of hydrogen-bond acceptors (Lipinski definition) is 8. The van der Waals surface area contributed by atoms with Crippen molar-refractivity contribution in [2.24, 2.45) is 4.99 Å². The number of aromatic amines is 1. The van der Waals surface area contributed by atoms with Gasteiger partial charge in [-0.15, -0.1) is 0 Å². The molecule has 9 nitrogen and oxygen atoms in total. The SMILES string of the molecule is COc1cc2[nH]c(N3CCN(C(C)C4=NCCN4)CC3)nc(=O)c2c(C)c1OC. The van der Waals surface area contributed by atoms with E-state index < -0.39 is 0 Å². The van der Waals surface area contributed by atoms with Gasteiger partial charge in [0, 0.05) is 44.4 Å². The van der Waals surface area contributed by atoms with Gasteiger partial charge in [-0.25, -0.2) is 0 Å². The monoisotopic (exact) mass is 400 g/mol. The standard InChI is InChI=1S/C20H28N6O3/c1-12-16-14(11-15(28-3)17(12)29-4)23-20(24-19(16)27)26-9-7-25(8-10-26)13(2)18-21-5-6-22-18/h11,13H,5-10H2,1-4H3,(H,21,22)(H,23,24,27). The number of methoxy groups -OCH3 is 2. The molecule has 1 saturated heterocycles. The van der Waals surface area contributed by atoms with Gasteiger partial charge in [-0.05, 0) is 13.8 Å². The summed E-state index contributed by atoms with van der Waals surface area (Å²) in [6.07, 6.45) is 0.